The third kappa shape index (κ3) is 2.10. The van der Waals surface area contributed by atoms with Gasteiger partial charge in [-0.25, -0.2) is 0 Å². The second-order valence-corrected chi connectivity index (χ2v) is 3.30. The maximum Gasteiger partial charge on any atom is 0.319 e. The van der Waals surface area contributed by atoms with Gasteiger partial charge in [0, 0.05) is 0 Å². The Morgan fingerprint density at radius 3 is 2.00 bits per heavy atom. The van der Waals surface area contributed by atoms with Gasteiger partial charge in [0.25, 0.3) is 0 Å². The number of carbonyl (C=O) groups is 1. The molecule has 0 aromatic carbocycles. The molecule has 0 aromatic rings. The van der Waals surface area contributed by atoms with Crippen molar-refractivity contribution in [1.82, 2.24) is 0 Å². The third-order valence-electron chi connectivity index (χ3n) is 1.28. The first-order chi connectivity index (χ1) is 4.39. The minimum absolute atomic E-state index is 0.347. The maximum atomic E-state index is 10.4. The number of carboxylic acid groups (broad SMARTS) is 1. The number of terminal acetylenes is 1. The predicted octanol–water partition coefficient (Wildman–Crippen LogP) is 1.37. The van der Waals surface area contributed by atoms with Crippen LogP contribution in [0.4, 0.5) is 0 Å². The van der Waals surface area contributed by atoms with Crippen molar-refractivity contribution in [3.05, 3.63) is 0 Å². The zero-order valence-electron chi connectivity index (χ0n) is 6.51. The van der Waals surface area contributed by atoms with Crippen molar-refractivity contribution in [2.24, 2.45) is 11.3 Å². The van der Waals surface area contributed by atoms with Crippen molar-refractivity contribution >= 4 is 5.97 Å². The molecule has 0 amide bonds. The Bertz CT molecular complexity index is 169. The summed E-state index contributed by atoms with van der Waals surface area (Å²) in [6.07, 6.45) is 5.03. The van der Waals surface area contributed by atoms with Crippen LogP contribution in [0.25, 0.3) is 0 Å². The predicted molar refractivity (Wildman–Crippen MR) is 39.4 cm³/mol. The van der Waals surface area contributed by atoms with Crippen LogP contribution in [0.1, 0.15) is 20.8 Å². The molecule has 0 rings (SSSR count). The van der Waals surface area contributed by atoms with Crippen molar-refractivity contribution in [1.29, 1.82) is 0 Å². The number of carboxylic acids is 1. The summed E-state index contributed by atoms with van der Waals surface area (Å²) in [5.74, 6) is 0.633. The average molecular weight is 140 g/mol. The SMILES string of the molecule is C#CC(C(=O)O)C(C)(C)C. The highest BCUT2D eigenvalue weighted by Crippen LogP contribution is 2.24. The number of rotatable bonds is 1. The second kappa shape index (κ2) is 2.74. The van der Waals surface area contributed by atoms with E-state index in [0.29, 0.717) is 0 Å². The highest BCUT2D eigenvalue weighted by atomic mass is 16.4. The normalized spacial score (nSPS) is 13.8. The van der Waals surface area contributed by atoms with E-state index in [1.165, 1.54) is 0 Å². The molecule has 0 aliphatic carbocycles. The lowest BCUT2D eigenvalue weighted by atomic mass is 9.81. The molecule has 1 atom stereocenters. The molecule has 1 N–H and O–H groups in total. The van der Waals surface area contributed by atoms with Gasteiger partial charge >= 0.3 is 5.97 Å². The van der Waals surface area contributed by atoms with Gasteiger partial charge < -0.3 is 5.11 Å². The zero-order chi connectivity index (χ0) is 8.36. The fourth-order valence-electron chi connectivity index (χ4n) is 0.692. The lowest BCUT2D eigenvalue weighted by Crippen LogP contribution is -2.26. The summed E-state index contributed by atoms with van der Waals surface area (Å²) < 4.78 is 0. The van der Waals surface area contributed by atoms with Crippen molar-refractivity contribution < 1.29 is 9.90 Å². The first-order valence-electron chi connectivity index (χ1n) is 3.08. The minimum Gasteiger partial charge on any atom is -0.480 e. The standard InChI is InChI=1S/C8H12O2/c1-5-6(7(9)10)8(2,3)4/h1,6H,2-4H3,(H,9,10). The molecule has 10 heavy (non-hydrogen) atoms. The number of hydrogen-bond acceptors (Lipinski definition) is 1. The molecule has 0 fully saturated rings. The van der Waals surface area contributed by atoms with Gasteiger partial charge in [0.2, 0.25) is 0 Å². The van der Waals surface area contributed by atoms with Crippen LogP contribution in [0.3, 0.4) is 0 Å². The molecule has 0 radical (unpaired) electrons. The molecule has 1 unspecified atom stereocenters. The summed E-state index contributed by atoms with van der Waals surface area (Å²) in [7, 11) is 0. The molecule has 0 heterocycles. The van der Waals surface area contributed by atoms with E-state index in [-0.39, 0.29) is 5.41 Å². The van der Waals surface area contributed by atoms with Crippen LogP contribution in [0.5, 0.6) is 0 Å². The van der Waals surface area contributed by atoms with Crippen LogP contribution in [-0.2, 0) is 4.79 Å². The lowest BCUT2D eigenvalue weighted by molar-refractivity contribution is -0.142. The van der Waals surface area contributed by atoms with Gasteiger partial charge in [0.1, 0.15) is 5.92 Å². The molecule has 0 saturated heterocycles. The summed E-state index contributed by atoms with van der Waals surface area (Å²) in [6.45, 7) is 5.43. The molecular formula is C8H12O2. The first kappa shape index (κ1) is 9.03. The van der Waals surface area contributed by atoms with Gasteiger partial charge in [-0.3, -0.25) is 4.79 Å². The van der Waals surface area contributed by atoms with Crippen LogP contribution >= 0.6 is 0 Å². The Morgan fingerprint density at radius 1 is 1.60 bits per heavy atom. The molecule has 0 aliphatic heterocycles. The van der Waals surface area contributed by atoms with E-state index in [1.54, 1.807) is 0 Å². The minimum atomic E-state index is -0.921. The Morgan fingerprint density at radius 2 is 2.00 bits per heavy atom. The van der Waals surface area contributed by atoms with E-state index in [2.05, 4.69) is 5.92 Å². The van der Waals surface area contributed by atoms with Gasteiger partial charge in [-0.05, 0) is 5.41 Å². The molecule has 2 nitrogen and oxygen atoms in total. The van der Waals surface area contributed by atoms with E-state index in [4.69, 9.17) is 11.5 Å². The van der Waals surface area contributed by atoms with E-state index in [0.717, 1.165) is 0 Å². The summed E-state index contributed by atoms with van der Waals surface area (Å²) in [5, 5.41) is 8.57. The van der Waals surface area contributed by atoms with Gasteiger partial charge in [-0.2, -0.15) is 0 Å². The van der Waals surface area contributed by atoms with Crippen LogP contribution in [0, 0.1) is 23.7 Å². The maximum absolute atomic E-state index is 10.4. The molecule has 2 heteroatoms. The quantitative estimate of drug-likeness (QED) is 0.558. The number of aliphatic carboxylic acids is 1. The highest BCUT2D eigenvalue weighted by molar-refractivity contribution is 5.74. The second-order valence-electron chi connectivity index (χ2n) is 3.30. The van der Waals surface area contributed by atoms with Crippen molar-refractivity contribution in [2.45, 2.75) is 20.8 Å². The van der Waals surface area contributed by atoms with E-state index < -0.39 is 11.9 Å². The fourth-order valence-corrected chi connectivity index (χ4v) is 0.692. The van der Waals surface area contributed by atoms with Crippen LogP contribution in [0.15, 0.2) is 0 Å². The molecular weight excluding hydrogens is 128 g/mol. The fraction of sp³-hybridized carbons (Fsp3) is 0.625. The summed E-state index contributed by atoms with van der Waals surface area (Å²) >= 11 is 0. The number of hydrogen-bond donors (Lipinski definition) is 1. The Labute approximate surface area is 61.2 Å². The van der Waals surface area contributed by atoms with Crippen LogP contribution < -0.4 is 0 Å². The third-order valence-corrected chi connectivity index (χ3v) is 1.28. The Balaban J connectivity index is 4.42. The van der Waals surface area contributed by atoms with Gasteiger partial charge in [0.15, 0.2) is 0 Å². The zero-order valence-corrected chi connectivity index (χ0v) is 6.51. The summed E-state index contributed by atoms with van der Waals surface area (Å²) in [4.78, 5) is 10.4. The van der Waals surface area contributed by atoms with Crippen molar-refractivity contribution in [2.75, 3.05) is 0 Å². The van der Waals surface area contributed by atoms with Crippen molar-refractivity contribution in [3.8, 4) is 12.3 Å². The largest absolute Gasteiger partial charge is 0.480 e. The smallest absolute Gasteiger partial charge is 0.319 e. The van der Waals surface area contributed by atoms with Crippen molar-refractivity contribution in [3.63, 3.8) is 0 Å². The molecule has 56 valence electrons. The molecule has 0 bridgehead atoms. The Kier molecular flexibility index (Phi) is 2.48. The van der Waals surface area contributed by atoms with E-state index in [9.17, 15) is 4.79 Å². The average Bonchev–Trinajstić information content (AvgIpc) is 1.60. The lowest BCUT2D eigenvalue weighted by Gasteiger charge is -2.21. The molecule has 0 aliphatic rings. The van der Waals surface area contributed by atoms with Gasteiger partial charge in [-0.15, -0.1) is 6.42 Å². The summed E-state index contributed by atoms with van der Waals surface area (Å²) in [6, 6.07) is 0. The van der Waals surface area contributed by atoms with E-state index >= 15 is 0 Å². The van der Waals surface area contributed by atoms with Gasteiger partial charge in [0.05, 0.1) is 0 Å². The van der Waals surface area contributed by atoms with Crippen LogP contribution in [-0.4, -0.2) is 11.1 Å². The molecule has 0 saturated carbocycles. The Hall–Kier alpha value is -0.970. The van der Waals surface area contributed by atoms with Crippen LogP contribution in [0.2, 0.25) is 0 Å². The summed E-state index contributed by atoms with van der Waals surface area (Å²) in [5.41, 5.74) is -0.347. The van der Waals surface area contributed by atoms with E-state index in [1.807, 2.05) is 20.8 Å². The molecule has 0 aromatic heterocycles. The van der Waals surface area contributed by atoms with Gasteiger partial charge in [-0.1, -0.05) is 26.7 Å². The monoisotopic (exact) mass is 140 g/mol. The topological polar surface area (TPSA) is 37.3 Å². The first-order valence-corrected chi connectivity index (χ1v) is 3.08. The molecule has 0 spiro atoms. The highest BCUT2D eigenvalue weighted by Gasteiger charge is 2.28.